The number of quaternary nitrogens is 1. The molecule has 0 aromatic heterocycles. The molecule has 0 fully saturated rings. The van der Waals surface area contributed by atoms with E-state index in [0.29, 0.717) is 0 Å². The third-order valence-electron chi connectivity index (χ3n) is 3.26. The highest BCUT2D eigenvalue weighted by Gasteiger charge is 2.19. The van der Waals surface area contributed by atoms with Gasteiger partial charge in [0.2, 0.25) is 0 Å². The fourth-order valence-electron chi connectivity index (χ4n) is 2.11. The van der Waals surface area contributed by atoms with Gasteiger partial charge in [-0.3, -0.25) is 0 Å². The minimum atomic E-state index is 1.15. The molecule has 0 saturated heterocycles. The van der Waals surface area contributed by atoms with Crippen molar-refractivity contribution in [2.45, 2.75) is 45.4 Å². The third-order valence-corrected chi connectivity index (χ3v) is 3.26. The van der Waals surface area contributed by atoms with E-state index in [1.165, 1.54) is 49.8 Å². The van der Waals surface area contributed by atoms with E-state index in [9.17, 15) is 0 Å². The van der Waals surface area contributed by atoms with Gasteiger partial charge in [-0.2, -0.15) is 0 Å². The molecule has 0 spiro atoms. The first kappa shape index (κ1) is 15.4. The van der Waals surface area contributed by atoms with Gasteiger partial charge in [-0.1, -0.05) is 25.5 Å². The zero-order valence-electron chi connectivity index (χ0n) is 11.4. The first-order valence-electron chi connectivity index (χ1n) is 6.74. The average Bonchev–Trinajstić information content (AvgIpc) is 2.27. The van der Waals surface area contributed by atoms with Gasteiger partial charge in [-0.15, -0.1) is 13.2 Å². The summed E-state index contributed by atoms with van der Waals surface area (Å²) < 4.78 is 1.23. The van der Waals surface area contributed by atoms with E-state index in [4.69, 9.17) is 0 Å². The Hall–Kier alpha value is -0.560. The molecule has 0 unspecified atom stereocenters. The smallest absolute Gasteiger partial charge is 0.0787 e. The van der Waals surface area contributed by atoms with Crippen LogP contribution in [0.3, 0.4) is 0 Å². The zero-order chi connectivity index (χ0) is 12.3. The average molecular weight is 224 g/mol. The second kappa shape index (κ2) is 9.65. The topological polar surface area (TPSA) is 0 Å². The van der Waals surface area contributed by atoms with E-state index >= 15 is 0 Å². The highest BCUT2D eigenvalue weighted by Crippen LogP contribution is 2.11. The molecule has 94 valence electrons. The number of hydrogen-bond acceptors (Lipinski definition) is 0. The Balaban J connectivity index is 4.00. The number of allylic oxidation sites excluding steroid dienone is 2. The van der Waals surface area contributed by atoms with Crippen molar-refractivity contribution in [3.05, 3.63) is 25.3 Å². The van der Waals surface area contributed by atoms with Crippen molar-refractivity contribution in [2.24, 2.45) is 0 Å². The molecular weight excluding hydrogens is 194 g/mol. The van der Waals surface area contributed by atoms with Gasteiger partial charge < -0.3 is 4.48 Å². The minimum Gasteiger partial charge on any atom is -0.326 e. The first-order chi connectivity index (χ1) is 7.68. The van der Waals surface area contributed by atoms with E-state index in [1.54, 1.807) is 0 Å². The van der Waals surface area contributed by atoms with E-state index in [-0.39, 0.29) is 0 Å². The van der Waals surface area contributed by atoms with Crippen LogP contribution < -0.4 is 0 Å². The predicted octanol–water partition coefficient (Wildman–Crippen LogP) is 4.17. The second-order valence-electron chi connectivity index (χ2n) is 5.01. The molecule has 0 aliphatic heterocycles. The fraction of sp³-hybridized carbons (Fsp3) is 0.733. The van der Waals surface area contributed by atoms with Gasteiger partial charge in [0.15, 0.2) is 0 Å². The Morgan fingerprint density at radius 1 is 0.875 bits per heavy atom. The normalized spacial score (nSPS) is 11.4. The summed E-state index contributed by atoms with van der Waals surface area (Å²) in [6.07, 6.45) is 11.6. The maximum atomic E-state index is 3.80. The summed E-state index contributed by atoms with van der Waals surface area (Å²) in [5, 5.41) is 0. The maximum Gasteiger partial charge on any atom is 0.0787 e. The van der Waals surface area contributed by atoms with Gasteiger partial charge in [0.1, 0.15) is 0 Å². The van der Waals surface area contributed by atoms with Crippen molar-refractivity contribution in [1.29, 1.82) is 0 Å². The molecule has 0 rings (SSSR count). The lowest BCUT2D eigenvalue weighted by Gasteiger charge is -2.34. The molecular formula is C15H30N+. The van der Waals surface area contributed by atoms with Crippen LogP contribution in [0, 0.1) is 0 Å². The van der Waals surface area contributed by atoms with Crippen LogP contribution in [-0.2, 0) is 0 Å². The molecule has 0 aliphatic carbocycles. The van der Waals surface area contributed by atoms with E-state index < -0.39 is 0 Å². The van der Waals surface area contributed by atoms with Crippen LogP contribution in [0.5, 0.6) is 0 Å². The van der Waals surface area contributed by atoms with Crippen LogP contribution in [0.15, 0.2) is 25.3 Å². The van der Waals surface area contributed by atoms with Crippen molar-refractivity contribution in [1.82, 2.24) is 0 Å². The highest BCUT2D eigenvalue weighted by molar-refractivity contribution is 4.67. The van der Waals surface area contributed by atoms with E-state index in [2.05, 4.69) is 27.1 Å². The minimum absolute atomic E-state index is 1.15. The molecule has 0 saturated carbocycles. The molecule has 0 heterocycles. The van der Waals surface area contributed by atoms with Crippen LogP contribution >= 0.6 is 0 Å². The molecule has 1 nitrogen and oxygen atoms in total. The lowest BCUT2D eigenvalue weighted by molar-refractivity contribution is -0.910. The van der Waals surface area contributed by atoms with Crippen molar-refractivity contribution in [3.8, 4) is 0 Å². The third kappa shape index (κ3) is 7.70. The molecule has 1 heteroatoms. The Kier molecular flexibility index (Phi) is 9.31. The van der Waals surface area contributed by atoms with Crippen molar-refractivity contribution in [2.75, 3.05) is 26.7 Å². The van der Waals surface area contributed by atoms with Gasteiger partial charge >= 0.3 is 0 Å². The molecule has 0 N–H and O–H groups in total. The molecule has 0 atom stereocenters. The molecule has 0 bridgehead atoms. The van der Waals surface area contributed by atoms with Gasteiger partial charge in [0.05, 0.1) is 26.7 Å². The van der Waals surface area contributed by atoms with Crippen molar-refractivity contribution < 1.29 is 4.48 Å². The Morgan fingerprint density at radius 2 is 1.31 bits per heavy atom. The molecule has 0 aliphatic rings. The van der Waals surface area contributed by atoms with Crippen molar-refractivity contribution in [3.63, 3.8) is 0 Å². The lowest BCUT2D eigenvalue weighted by atomic mass is 10.2. The predicted molar refractivity (Wildman–Crippen MR) is 74.6 cm³/mol. The Morgan fingerprint density at radius 3 is 1.69 bits per heavy atom. The van der Waals surface area contributed by atoms with Gasteiger partial charge in [0.25, 0.3) is 0 Å². The number of nitrogens with zero attached hydrogens (tertiary/aromatic N) is 1. The fourth-order valence-corrected chi connectivity index (χ4v) is 2.11. The lowest BCUT2D eigenvalue weighted by Crippen LogP contribution is -2.46. The Bertz CT molecular complexity index is 170. The van der Waals surface area contributed by atoms with Crippen LogP contribution in [0.25, 0.3) is 0 Å². The number of hydrogen-bond donors (Lipinski definition) is 0. The first-order valence-corrected chi connectivity index (χ1v) is 6.74. The second-order valence-corrected chi connectivity index (χ2v) is 5.01. The highest BCUT2D eigenvalue weighted by atomic mass is 15.3. The summed E-state index contributed by atoms with van der Waals surface area (Å²) in [5.41, 5.74) is 0. The SMILES string of the molecule is C=CCCC[N+](C)(CCCC)CCCC=C. The van der Waals surface area contributed by atoms with E-state index in [0.717, 1.165) is 12.8 Å². The summed E-state index contributed by atoms with van der Waals surface area (Å²) in [7, 11) is 2.40. The van der Waals surface area contributed by atoms with Crippen LogP contribution in [-0.4, -0.2) is 31.2 Å². The van der Waals surface area contributed by atoms with Gasteiger partial charge in [0, 0.05) is 0 Å². The van der Waals surface area contributed by atoms with E-state index in [1.807, 2.05) is 12.2 Å². The number of unbranched alkanes of at least 4 members (excludes halogenated alkanes) is 3. The van der Waals surface area contributed by atoms with Crippen molar-refractivity contribution >= 4 is 0 Å². The molecule has 0 aromatic carbocycles. The van der Waals surface area contributed by atoms with Gasteiger partial charge in [-0.05, 0) is 32.1 Å². The molecule has 0 amide bonds. The van der Waals surface area contributed by atoms with Crippen LogP contribution in [0.1, 0.15) is 45.4 Å². The molecule has 0 aromatic rings. The Labute approximate surface area is 102 Å². The summed E-state index contributed by atoms with van der Waals surface area (Å²) in [6.45, 7) is 13.8. The number of rotatable bonds is 11. The largest absolute Gasteiger partial charge is 0.326 e. The summed E-state index contributed by atoms with van der Waals surface area (Å²) >= 11 is 0. The standard InChI is InChI=1S/C15H30N/c1-5-8-11-14-16(4,13-10-7-3)15-12-9-6-2/h5-6H,1-2,7-15H2,3-4H3/q+1. The van der Waals surface area contributed by atoms with Crippen LogP contribution in [0.2, 0.25) is 0 Å². The summed E-state index contributed by atoms with van der Waals surface area (Å²) in [4.78, 5) is 0. The molecule has 16 heavy (non-hydrogen) atoms. The summed E-state index contributed by atoms with van der Waals surface area (Å²) in [5.74, 6) is 0. The molecule has 0 radical (unpaired) electrons. The maximum absolute atomic E-state index is 3.80. The van der Waals surface area contributed by atoms with Crippen LogP contribution in [0.4, 0.5) is 0 Å². The monoisotopic (exact) mass is 224 g/mol. The van der Waals surface area contributed by atoms with Gasteiger partial charge in [-0.25, -0.2) is 0 Å². The summed E-state index contributed by atoms with van der Waals surface area (Å²) in [6, 6.07) is 0. The zero-order valence-corrected chi connectivity index (χ0v) is 11.4. The quantitative estimate of drug-likeness (QED) is 0.281.